The second-order valence-electron chi connectivity index (χ2n) is 4.46. The molecule has 19 heavy (non-hydrogen) atoms. The molecule has 0 atom stereocenters. The molecule has 94 valence electrons. The van der Waals surface area contributed by atoms with Crippen LogP contribution in [0.5, 0.6) is 0 Å². The molecule has 0 aliphatic heterocycles. The first kappa shape index (κ1) is 11.6. The van der Waals surface area contributed by atoms with Crippen molar-refractivity contribution in [3.63, 3.8) is 0 Å². The lowest BCUT2D eigenvalue weighted by molar-refractivity contribution is 0.0993. The summed E-state index contributed by atoms with van der Waals surface area (Å²) in [5.41, 5.74) is 2.33. The fourth-order valence-corrected chi connectivity index (χ4v) is 2.16. The number of hydrogen-bond acceptors (Lipinski definition) is 3. The van der Waals surface area contributed by atoms with E-state index in [2.05, 4.69) is 10.1 Å². The van der Waals surface area contributed by atoms with Crippen molar-refractivity contribution in [1.82, 2.24) is 14.8 Å². The van der Waals surface area contributed by atoms with Crippen molar-refractivity contribution in [1.29, 1.82) is 0 Å². The van der Waals surface area contributed by atoms with Crippen LogP contribution in [-0.2, 0) is 13.5 Å². The maximum atomic E-state index is 12.4. The van der Waals surface area contributed by atoms with Crippen molar-refractivity contribution in [3.05, 3.63) is 60.0 Å². The molecule has 2 aromatic heterocycles. The Kier molecular flexibility index (Phi) is 2.83. The number of ketones is 1. The van der Waals surface area contributed by atoms with Gasteiger partial charge in [0.2, 0.25) is 0 Å². The average Bonchev–Trinajstić information content (AvgIpc) is 2.83. The van der Waals surface area contributed by atoms with Crippen molar-refractivity contribution in [2.75, 3.05) is 0 Å². The Morgan fingerprint density at radius 2 is 2.05 bits per heavy atom. The van der Waals surface area contributed by atoms with E-state index in [4.69, 9.17) is 0 Å². The minimum Gasteiger partial charge on any atom is -0.294 e. The topological polar surface area (TPSA) is 47.8 Å². The summed E-state index contributed by atoms with van der Waals surface area (Å²) >= 11 is 0. The van der Waals surface area contributed by atoms with E-state index in [-0.39, 0.29) is 5.78 Å². The first-order valence-corrected chi connectivity index (χ1v) is 6.09. The van der Waals surface area contributed by atoms with Crippen LogP contribution in [0.4, 0.5) is 0 Å². The second kappa shape index (κ2) is 4.65. The Morgan fingerprint density at radius 1 is 1.21 bits per heavy atom. The Hall–Kier alpha value is -2.49. The van der Waals surface area contributed by atoms with Gasteiger partial charge in [-0.15, -0.1) is 0 Å². The van der Waals surface area contributed by atoms with E-state index in [1.54, 1.807) is 16.9 Å². The first-order chi connectivity index (χ1) is 9.24. The number of para-hydroxylation sites is 1. The third kappa shape index (κ3) is 2.25. The summed E-state index contributed by atoms with van der Waals surface area (Å²) < 4.78 is 1.70. The molecule has 0 fully saturated rings. The monoisotopic (exact) mass is 251 g/mol. The number of fused-ring (bicyclic) bond motifs is 1. The summed E-state index contributed by atoms with van der Waals surface area (Å²) in [4.78, 5) is 16.6. The van der Waals surface area contributed by atoms with Crippen molar-refractivity contribution in [2.45, 2.75) is 6.42 Å². The van der Waals surface area contributed by atoms with Gasteiger partial charge in [0.05, 0.1) is 17.6 Å². The van der Waals surface area contributed by atoms with Crippen LogP contribution in [0, 0.1) is 0 Å². The second-order valence-corrected chi connectivity index (χ2v) is 4.46. The van der Waals surface area contributed by atoms with Gasteiger partial charge in [0, 0.05) is 30.4 Å². The van der Waals surface area contributed by atoms with Crippen LogP contribution in [0.15, 0.2) is 48.8 Å². The van der Waals surface area contributed by atoms with Gasteiger partial charge in [0.1, 0.15) is 0 Å². The molecule has 0 N–H and O–H groups in total. The van der Waals surface area contributed by atoms with Crippen LogP contribution < -0.4 is 0 Å². The predicted octanol–water partition coefficient (Wildman–Crippen LogP) is 2.39. The third-order valence-corrected chi connectivity index (χ3v) is 3.06. The number of nitrogens with zero attached hydrogens (tertiary/aromatic N) is 3. The van der Waals surface area contributed by atoms with Gasteiger partial charge in [-0.25, -0.2) is 0 Å². The SMILES string of the molecule is Cn1ccc(CC(=O)c2ccnc3ccccc23)n1. The highest BCUT2D eigenvalue weighted by Crippen LogP contribution is 2.17. The molecule has 0 amide bonds. The molecule has 3 aromatic rings. The zero-order chi connectivity index (χ0) is 13.2. The Morgan fingerprint density at radius 3 is 2.84 bits per heavy atom. The average molecular weight is 251 g/mol. The van der Waals surface area contributed by atoms with Gasteiger partial charge in [-0.2, -0.15) is 5.10 Å². The van der Waals surface area contributed by atoms with Crippen LogP contribution in [-0.4, -0.2) is 20.5 Å². The number of carbonyl (C=O) groups is 1. The van der Waals surface area contributed by atoms with Crippen LogP contribution in [0.1, 0.15) is 16.1 Å². The van der Waals surface area contributed by atoms with Gasteiger partial charge in [-0.3, -0.25) is 14.5 Å². The van der Waals surface area contributed by atoms with E-state index in [1.807, 2.05) is 43.6 Å². The normalized spacial score (nSPS) is 10.8. The molecule has 2 heterocycles. The number of pyridine rings is 1. The number of Topliss-reactive ketones (excluding diaryl/α,β-unsaturated/α-hetero) is 1. The molecule has 0 radical (unpaired) electrons. The summed E-state index contributed by atoms with van der Waals surface area (Å²) in [6, 6.07) is 11.3. The van der Waals surface area contributed by atoms with Gasteiger partial charge < -0.3 is 0 Å². The summed E-state index contributed by atoms with van der Waals surface area (Å²) in [5.74, 6) is 0.0669. The highest BCUT2D eigenvalue weighted by molar-refractivity contribution is 6.07. The predicted molar refractivity (Wildman–Crippen MR) is 73.0 cm³/mol. The van der Waals surface area contributed by atoms with Crippen LogP contribution in [0.3, 0.4) is 0 Å². The molecule has 1 aromatic carbocycles. The summed E-state index contributed by atoms with van der Waals surface area (Å²) in [6.07, 6.45) is 3.83. The first-order valence-electron chi connectivity index (χ1n) is 6.09. The molecule has 3 rings (SSSR count). The fraction of sp³-hybridized carbons (Fsp3) is 0.133. The molecule has 0 spiro atoms. The molecule has 0 aliphatic carbocycles. The van der Waals surface area contributed by atoms with E-state index in [9.17, 15) is 4.79 Å². The van der Waals surface area contributed by atoms with Gasteiger partial charge in [-0.05, 0) is 18.2 Å². The number of hydrogen-bond donors (Lipinski definition) is 0. The Bertz CT molecular complexity index is 740. The zero-order valence-corrected chi connectivity index (χ0v) is 10.6. The summed E-state index contributed by atoms with van der Waals surface area (Å²) in [5, 5.41) is 5.13. The molecule has 0 saturated heterocycles. The standard InChI is InChI=1S/C15H13N3O/c1-18-9-7-11(17-18)10-15(19)13-6-8-16-14-5-3-2-4-12(13)14/h2-9H,10H2,1H3. The molecular weight excluding hydrogens is 238 g/mol. The lowest BCUT2D eigenvalue weighted by Gasteiger charge is -2.03. The highest BCUT2D eigenvalue weighted by atomic mass is 16.1. The molecule has 0 aliphatic rings. The molecule has 0 bridgehead atoms. The molecule has 0 unspecified atom stereocenters. The van der Waals surface area contributed by atoms with E-state index < -0.39 is 0 Å². The zero-order valence-electron chi connectivity index (χ0n) is 10.6. The minimum absolute atomic E-state index is 0.0669. The largest absolute Gasteiger partial charge is 0.294 e. The van der Waals surface area contributed by atoms with E-state index in [0.29, 0.717) is 12.0 Å². The lowest BCUT2D eigenvalue weighted by atomic mass is 10.0. The van der Waals surface area contributed by atoms with E-state index in [1.165, 1.54) is 0 Å². The van der Waals surface area contributed by atoms with E-state index >= 15 is 0 Å². The number of aromatic nitrogens is 3. The highest BCUT2D eigenvalue weighted by Gasteiger charge is 2.12. The van der Waals surface area contributed by atoms with Crippen LogP contribution in [0.25, 0.3) is 10.9 Å². The van der Waals surface area contributed by atoms with Gasteiger partial charge in [-0.1, -0.05) is 18.2 Å². The Balaban J connectivity index is 1.97. The minimum atomic E-state index is 0.0669. The van der Waals surface area contributed by atoms with Crippen LogP contribution >= 0.6 is 0 Å². The number of benzene rings is 1. The number of rotatable bonds is 3. The maximum absolute atomic E-state index is 12.4. The number of aryl methyl sites for hydroxylation is 1. The van der Waals surface area contributed by atoms with Crippen molar-refractivity contribution in [2.24, 2.45) is 7.05 Å². The van der Waals surface area contributed by atoms with Crippen molar-refractivity contribution >= 4 is 16.7 Å². The van der Waals surface area contributed by atoms with Crippen molar-refractivity contribution < 1.29 is 4.79 Å². The third-order valence-electron chi connectivity index (χ3n) is 3.06. The smallest absolute Gasteiger partial charge is 0.169 e. The summed E-state index contributed by atoms with van der Waals surface area (Å²) in [7, 11) is 1.84. The van der Waals surface area contributed by atoms with E-state index in [0.717, 1.165) is 16.6 Å². The van der Waals surface area contributed by atoms with Crippen molar-refractivity contribution in [3.8, 4) is 0 Å². The quantitative estimate of drug-likeness (QED) is 0.671. The van der Waals surface area contributed by atoms with Crippen LogP contribution in [0.2, 0.25) is 0 Å². The van der Waals surface area contributed by atoms with Gasteiger partial charge >= 0.3 is 0 Å². The summed E-state index contributed by atoms with van der Waals surface area (Å²) in [6.45, 7) is 0. The lowest BCUT2D eigenvalue weighted by Crippen LogP contribution is -2.05. The Labute approximate surface area is 110 Å². The van der Waals surface area contributed by atoms with Gasteiger partial charge in [0.15, 0.2) is 5.78 Å². The molecule has 4 nitrogen and oxygen atoms in total. The fourth-order valence-electron chi connectivity index (χ4n) is 2.16. The molecular formula is C15H13N3O. The number of carbonyl (C=O) groups excluding carboxylic acids is 1. The molecule has 0 saturated carbocycles. The van der Waals surface area contributed by atoms with Gasteiger partial charge in [0.25, 0.3) is 0 Å². The maximum Gasteiger partial charge on any atom is 0.169 e. The molecule has 4 heteroatoms.